The monoisotopic (exact) mass is 1340 g/mol. The van der Waals surface area contributed by atoms with Crippen LogP contribution < -0.4 is 54.0 Å². The molecule has 0 saturated carbocycles. The molecule has 6 aromatic rings. The predicted octanol–water partition coefficient (Wildman–Crippen LogP) is 0.245. The summed E-state index contributed by atoms with van der Waals surface area (Å²) in [5, 5.41) is 41.5. The molecule has 0 aliphatic carbocycles. The van der Waals surface area contributed by atoms with Crippen LogP contribution in [0.4, 0.5) is 8.78 Å². The Morgan fingerprint density at radius 1 is 0.660 bits per heavy atom. The highest BCUT2D eigenvalue weighted by molar-refractivity contribution is 7.80. The molecule has 94 heavy (non-hydrogen) atoms. The third-order valence-corrected chi connectivity index (χ3v) is 16.7. The second-order valence-electron chi connectivity index (χ2n) is 23.1. The molecule has 3 aromatic carbocycles. The van der Waals surface area contributed by atoms with Crippen molar-refractivity contribution in [3.63, 3.8) is 0 Å². The maximum absolute atomic E-state index is 15.0. The van der Waals surface area contributed by atoms with E-state index < -0.39 is 143 Å². The number of aromatic hydroxyl groups is 1. The molecule has 504 valence electrons. The highest BCUT2D eigenvalue weighted by Gasteiger charge is 2.48. The van der Waals surface area contributed by atoms with E-state index >= 15 is 4.79 Å². The van der Waals surface area contributed by atoms with Crippen molar-refractivity contribution in [2.75, 3.05) is 24.6 Å². The lowest BCUT2D eigenvalue weighted by Crippen LogP contribution is -2.63. The van der Waals surface area contributed by atoms with Gasteiger partial charge in [0, 0.05) is 90.5 Å². The van der Waals surface area contributed by atoms with E-state index in [0.29, 0.717) is 53.4 Å². The van der Waals surface area contributed by atoms with Gasteiger partial charge in [-0.25, -0.2) is 13.8 Å². The Balaban J connectivity index is 1.19. The fourth-order valence-corrected chi connectivity index (χ4v) is 11.4. The summed E-state index contributed by atoms with van der Waals surface area (Å²) in [6.07, 6.45) is 4.41. The molecular formula is C62H77F2N15O13S2. The SMILES string of the molecule is C[C@@H](NC(=O)[C@H](CCCCN)NC(=O)CCS)C(=O)N[C@@H](Cc1c[nH]c2ccc(F)cc12)C(=O)N[C@@H](Cc1c[nH]c2ccc(F)cc12)C(=O)N[C@@H](CC(=O)O)C(=O)N[C@@H](Cc1cnc[nH]1)C(=O)N[C@@H](Cc1ccc(O)cc1)C(=O)N1CCC[C@@]1(C)C(=O)N[C@@H](CS)C(N)=O. The van der Waals surface area contributed by atoms with Crippen molar-refractivity contribution in [2.24, 2.45) is 11.5 Å². The van der Waals surface area contributed by atoms with Crippen LogP contribution >= 0.6 is 25.3 Å². The second kappa shape index (κ2) is 33.3. The van der Waals surface area contributed by atoms with Crippen LogP contribution in [-0.2, 0) is 78.4 Å². The van der Waals surface area contributed by atoms with E-state index in [9.17, 15) is 66.9 Å². The summed E-state index contributed by atoms with van der Waals surface area (Å²) in [5.74, 6) is -12.1. The summed E-state index contributed by atoms with van der Waals surface area (Å²) in [5.41, 5.74) is 11.6. The number of nitrogens with zero attached hydrogens (tertiary/aromatic N) is 2. The number of carboxylic acids is 1. The van der Waals surface area contributed by atoms with E-state index in [2.05, 4.69) is 87.7 Å². The molecule has 10 amide bonds. The number of nitrogens with one attached hydrogen (secondary N) is 11. The minimum atomic E-state index is -2.05. The quantitative estimate of drug-likeness (QED) is 0.0190. The van der Waals surface area contributed by atoms with Gasteiger partial charge in [-0.05, 0) is 123 Å². The zero-order chi connectivity index (χ0) is 68.4. The van der Waals surface area contributed by atoms with Crippen LogP contribution in [0.1, 0.15) is 81.2 Å². The fraction of sp³-hybridized carbons (Fsp3) is 0.419. The van der Waals surface area contributed by atoms with Gasteiger partial charge in [-0.1, -0.05) is 12.1 Å². The van der Waals surface area contributed by atoms with Gasteiger partial charge in [0.25, 0.3) is 0 Å². The maximum Gasteiger partial charge on any atom is 0.305 e. The van der Waals surface area contributed by atoms with Crippen LogP contribution in [-0.4, -0.2) is 179 Å². The zero-order valence-corrected chi connectivity index (χ0v) is 53.2. The Morgan fingerprint density at radius 3 is 1.73 bits per heavy atom. The number of aromatic nitrogens is 4. The van der Waals surface area contributed by atoms with Crippen molar-refractivity contribution in [1.82, 2.24) is 67.4 Å². The standard InChI is InChI=1S/C62H77F2N15O13S2/c1-32(71-55(86)44(6-3-4-17-65)72-51(81)15-19-93)54(85)73-45(21-34-27-68-42-13-9-36(63)23-40(34)42)56(87)74-46(22-35-28-69-43-14-10-37(64)24-41(35)43)57(88)76-48(26-52(82)83)59(90)75-47(25-38-29-67-31-70-38)58(89)77-49(20-33-7-11-39(80)12-8-33)60(91)79-18-5-16-62(79,2)61(92)78-50(30-94)53(66)84/h7-14,23-24,27-29,31-32,44-50,68-69,80,93-94H,3-6,15-22,25-26,30,65H2,1-2H3,(H2,66,84)(H,67,70)(H,71,86)(H,72,81)(H,73,85)(H,74,87)(H,75,90)(H,76,88)(H,77,89)(H,78,92)(H,82,83)/t32-,44+,45+,46+,47+,48+,49+,50+,62+/m1/s1. The van der Waals surface area contributed by atoms with Gasteiger partial charge >= 0.3 is 5.97 Å². The molecule has 0 radical (unpaired) electrons. The summed E-state index contributed by atoms with van der Waals surface area (Å²) >= 11 is 8.21. The number of carbonyl (C=O) groups excluding carboxylic acids is 10. The molecule has 3 aromatic heterocycles. The smallest absolute Gasteiger partial charge is 0.305 e. The lowest BCUT2D eigenvalue weighted by molar-refractivity contribution is -0.147. The molecule has 0 spiro atoms. The molecular weight excluding hydrogens is 1260 g/mol. The number of hydrogen-bond donors (Lipinski definition) is 17. The number of halogens is 2. The van der Waals surface area contributed by atoms with Crippen molar-refractivity contribution in [1.29, 1.82) is 0 Å². The first-order chi connectivity index (χ1) is 44.8. The molecule has 9 atom stereocenters. The molecule has 32 heteroatoms. The van der Waals surface area contributed by atoms with Crippen LogP contribution in [0.25, 0.3) is 21.8 Å². The Kier molecular flexibility index (Phi) is 25.5. The number of primary amides is 1. The molecule has 1 aliphatic heterocycles. The summed E-state index contributed by atoms with van der Waals surface area (Å²) < 4.78 is 29.7. The molecule has 17 N–H and O–H groups in total. The number of phenolic OH excluding ortho intramolecular Hbond substituents is 1. The number of nitrogens with two attached hydrogens (primary N) is 2. The van der Waals surface area contributed by atoms with E-state index in [-0.39, 0.29) is 79.0 Å². The number of likely N-dealkylation sites (tertiary alicyclic amines) is 1. The third kappa shape index (κ3) is 19.3. The highest BCUT2D eigenvalue weighted by atomic mass is 32.1. The van der Waals surface area contributed by atoms with E-state index in [1.54, 1.807) is 0 Å². The van der Waals surface area contributed by atoms with Gasteiger partial charge in [-0.2, -0.15) is 25.3 Å². The molecule has 1 saturated heterocycles. The van der Waals surface area contributed by atoms with Crippen LogP contribution in [0.2, 0.25) is 0 Å². The number of rotatable bonds is 34. The average molecular weight is 1340 g/mol. The lowest BCUT2D eigenvalue weighted by atomic mass is 9.95. The predicted molar refractivity (Wildman–Crippen MR) is 345 cm³/mol. The van der Waals surface area contributed by atoms with E-state index in [1.807, 2.05) is 0 Å². The number of thiol groups is 2. The van der Waals surface area contributed by atoms with E-state index in [1.165, 1.54) is 98.3 Å². The summed E-state index contributed by atoms with van der Waals surface area (Å²) in [6.45, 7) is 3.13. The van der Waals surface area contributed by atoms with Gasteiger partial charge in [0.15, 0.2) is 0 Å². The first kappa shape index (κ1) is 71.9. The highest BCUT2D eigenvalue weighted by Crippen LogP contribution is 2.31. The topological polar surface area (TPSA) is 440 Å². The number of H-pyrrole nitrogens is 3. The van der Waals surface area contributed by atoms with Gasteiger partial charge in [0.1, 0.15) is 71.3 Å². The fourth-order valence-electron chi connectivity index (χ4n) is 10.9. The summed E-state index contributed by atoms with van der Waals surface area (Å²) in [7, 11) is 0. The maximum atomic E-state index is 15.0. The first-order valence-corrected chi connectivity index (χ1v) is 31.5. The van der Waals surface area contributed by atoms with Crippen molar-refractivity contribution in [3.05, 3.63) is 120 Å². The number of hydrogen-bond acceptors (Lipinski definition) is 16. The first-order valence-electron chi connectivity index (χ1n) is 30.2. The second-order valence-corrected chi connectivity index (χ2v) is 23.9. The van der Waals surface area contributed by atoms with Crippen molar-refractivity contribution < 1.29 is 71.7 Å². The molecule has 1 aliphatic rings. The van der Waals surface area contributed by atoms with Crippen LogP contribution in [0.15, 0.2) is 85.6 Å². The Labute approximate surface area is 548 Å². The number of amides is 10. The summed E-state index contributed by atoms with van der Waals surface area (Å²) in [4.78, 5) is 168. The average Bonchev–Trinajstić information content (AvgIpc) is 1.58. The van der Waals surface area contributed by atoms with Crippen LogP contribution in [0.5, 0.6) is 5.75 Å². The molecule has 0 bridgehead atoms. The number of aromatic amines is 3. The Morgan fingerprint density at radius 2 is 1.20 bits per heavy atom. The number of benzene rings is 3. The molecule has 28 nitrogen and oxygen atoms in total. The largest absolute Gasteiger partial charge is 0.508 e. The van der Waals surface area contributed by atoms with Crippen molar-refractivity contribution >= 4 is 112 Å². The van der Waals surface area contributed by atoms with Crippen molar-refractivity contribution in [3.8, 4) is 5.75 Å². The Hall–Kier alpha value is -9.56. The van der Waals surface area contributed by atoms with Crippen LogP contribution in [0.3, 0.4) is 0 Å². The number of fused-ring (bicyclic) bond motifs is 2. The molecule has 0 unspecified atom stereocenters. The number of unbranched alkanes of at least 4 members (excludes halogenated alkanes) is 1. The van der Waals surface area contributed by atoms with E-state index in [4.69, 9.17) is 11.5 Å². The number of carbonyl (C=O) groups is 11. The van der Waals surface area contributed by atoms with Crippen LogP contribution in [0, 0.1) is 11.6 Å². The number of phenols is 1. The van der Waals surface area contributed by atoms with Crippen molar-refractivity contribution in [2.45, 2.75) is 138 Å². The van der Waals surface area contributed by atoms with E-state index in [0.717, 1.165) is 6.07 Å². The molecule has 7 rings (SSSR count). The van der Waals surface area contributed by atoms with Gasteiger partial charge in [0.2, 0.25) is 59.1 Å². The number of carboxylic acid groups (broad SMARTS) is 1. The zero-order valence-electron chi connectivity index (χ0n) is 51.4. The molecule has 4 heterocycles. The van der Waals surface area contributed by atoms with Gasteiger partial charge < -0.3 is 84.1 Å². The Bertz CT molecular complexity index is 3720. The van der Waals surface area contributed by atoms with Gasteiger partial charge in [-0.15, -0.1) is 0 Å². The normalized spacial score (nSPS) is 16.3. The lowest BCUT2D eigenvalue weighted by Gasteiger charge is -2.37. The van der Waals surface area contributed by atoms with Gasteiger partial charge in [-0.3, -0.25) is 52.7 Å². The minimum Gasteiger partial charge on any atom is -0.508 e. The minimum absolute atomic E-state index is 0.00842. The third-order valence-electron chi connectivity index (χ3n) is 16.1. The number of imidazole rings is 1. The summed E-state index contributed by atoms with van der Waals surface area (Å²) in [6, 6.07) is 0.853. The van der Waals surface area contributed by atoms with Gasteiger partial charge in [0.05, 0.1) is 12.7 Å². The molecule has 1 fully saturated rings. The number of aliphatic carboxylic acids is 1.